The molecule has 0 bridgehead atoms. The van der Waals surface area contributed by atoms with Gasteiger partial charge >= 0.3 is 0 Å². The lowest BCUT2D eigenvalue weighted by Crippen LogP contribution is -2.29. The second kappa shape index (κ2) is 3.69. The Kier molecular flexibility index (Phi) is 2.51. The van der Waals surface area contributed by atoms with Crippen LogP contribution >= 0.6 is 0 Å². The Bertz CT molecular complexity index is 384. The lowest BCUT2D eigenvalue weighted by molar-refractivity contribution is -0.108. The van der Waals surface area contributed by atoms with Gasteiger partial charge in [0.05, 0.1) is 5.92 Å². The highest BCUT2D eigenvalue weighted by atomic mass is 16.1. The van der Waals surface area contributed by atoms with Gasteiger partial charge in [-0.1, -0.05) is 17.7 Å². The van der Waals surface area contributed by atoms with E-state index in [0.29, 0.717) is 6.04 Å². The van der Waals surface area contributed by atoms with E-state index in [2.05, 4.69) is 43.9 Å². The van der Waals surface area contributed by atoms with Gasteiger partial charge in [0.25, 0.3) is 0 Å². The number of aldehydes is 1. The maximum absolute atomic E-state index is 11.0. The molecule has 0 aromatic heterocycles. The second-order valence-electron chi connectivity index (χ2n) is 4.55. The van der Waals surface area contributed by atoms with Crippen LogP contribution < -0.4 is 4.90 Å². The number of rotatable bonds is 2. The molecule has 0 radical (unpaired) electrons. The fraction of sp³-hybridized carbons (Fsp3) is 0.462. The van der Waals surface area contributed by atoms with E-state index in [0.717, 1.165) is 12.8 Å². The summed E-state index contributed by atoms with van der Waals surface area (Å²) in [7, 11) is 0. The lowest BCUT2D eigenvalue weighted by atomic mass is 10.0. The van der Waals surface area contributed by atoms with Crippen molar-refractivity contribution < 1.29 is 4.79 Å². The highest BCUT2D eigenvalue weighted by Gasteiger charge is 2.29. The van der Waals surface area contributed by atoms with Crippen molar-refractivity contribution >= 4 is 12.0 Å². The van der Waals surface area contributed by atoms with Gasteiger partial charge in [-0.05, 0) is 32.4 Å². The highest BCUT2D eigenvalue weighted by Crippen LogP contribution is 2.36. The molecule has 0 amide bonds. The zero-order valence-corrected chi connectivity index (χ0v) is 9.53. The van der Waals surface area contributed by atoms with E-state index in [-0.39, 0.29) is 5.92 Å². The maximum Gasteiger partial charge on any atom is 0.129 e. The lowest BCUT2D eigenvalue weighted by Gasteiger charge is -2.24. The summed E-state index contributed by atoms with van der Waals surface area (Å²) in [6.45, 7) is 7.23. The summed E-state index contributed by atoms with van der Waals surface area (Å²) >= 11 is 0. The molecule has 2 nitrogen and oxygen atoms in total. The summed E-state index contributed by atoms with van der Waals surface area (Å²) in [5.41, 5.74) is 3.65. The molecule has 1 atom stereocenters. The Balaban J connectivity index is 2.47. The van der Waals surface area contributed by atoms with Gasteiger partial charge in [-0.3, -0.25) is 0 Å². The number of carbonyl (C=O) groups is 1. The van der Waals surface area contributed by atoms with Crippen LogP contribution in [-0.2, 0) is 4.79 Å². The predicted octanol–water partition coefficient (Wildman–Crippen LogP) is 2.51. The minimum Gasteiger partial charge on any atom is -0.368 e. The number of hydrogen-bond donors (Lipinski definition) is 0. The van der Waals surface area contributed by atoms with Crippen molar-refractivity contribution in [3.63, 3.8) is 0 Å². The van der Waals surface area contributed by atoms with Gasteiger partial charge in [-0.15, -0.1) is 0 Å². The van der Waals surface area contributed by atoms with Crippen molar-refractivity contribution in [2.75, 3.05) is 11.4 Å². The van der Waals surface area contributed by atoms with E-state index in [9.17, 15) is 4.79 Å². The summed E-state index contributed by atoms with van der Waals surface area (Å²) in [6, 6.07) is 6.84. The van der Waals surface area contributed by atoms with Crippen LogP contribution in [-0.4, -0.2) is 18.9 Å². The number of anilines is 1. The van der Waals surface area contributed by atoms with Crippen molar-refractivity contribution in [1.29, 1.82) is 0 Å². The second-order valence-corrected chi connectivity index (χ2v) is 4.55. The molecule has 0 saturated heterocycles. The molecule has 1 aliphatic heterocycles. The largest absolute Gasteiger partial charge is 0.368 e. The van der Waals surface area contributed by atoms with Crippen molar-refractivity contribution in [2.24, 2.45) is 0 Å². The molecule has 80 valence electrons. The Hall–Kier alpha value is -1.31. The molecular formula is C13H17NO. The van der Waals surface area contributed by atoms with Gasteiger partial charge in [0.2, 0.25) is 0 Å². The van der Waals surface area contributed by atoms with Crippen LogP contribution in [0.4, 0.5) is 5.69 Å². The number of hydrogen-bond acceptors (Lipinski definition) is 2. The van der Waals surface area contributed by atoms with E-state index >= 15 is 0 Å². The summed E-state index contributed by atoms with van der Waals surface area (Å²) in [5.74, 6) is 0.0577. The average molecular weight is 203 g/mol. The number of aryl methyl sites for hydroxylation is 1. The van der Waals surface area contributed by atoms with Crippen LogP contribution in [0.25, 0.3) is 0 Å². The molecule has 1 heterocycles. The highest BCUT2D eigenvalue weighted by molar-refractivity contribution is 5.75. The van der Waals surface area contributed by atoms with Gasteiger partial charge < -0.3 is 9.69 Å². The normalized spacial score (nSPS) is 19.5. The number of benzene rings is 1. The van der Waals surface area contributed by atoms with Gasteiger partial charge in [0.1, 0.15) is 6.29 Å². The fourth-order valence-electron chi connectivity index (χ4n) is 2.25. The third-order valence-electron chi connectivity index (χ3n) is 3.07. The fourth-order valence-corrected chi connectivity index (χ4v) is 2.25. The quantitative estimate of drug-likeness (QED) is 0.688. The van der Waals surface area contributed by atoms with Crippen LogP contribution in [0.15, 0.2) is 18.2 Å². The van der Waals surface area contributed by atoms with E-state index in [1.54, 1.807) is 0 Å². The minimum absolute atomic E-state index is 0.0577. The third-order valence-corrected chi connectivity index (χ3v) is 3.07. The molecule has 1 unspecified atom stereocenters. The average Bonchev–Trinajstić information content (AvgIpc) is 2.55. The zero-order valence-electron chi connectivity index (χ0n) is 9.53. The number of fused-ring (bicyclic) bond motifs is 1. The molecular weight excluding hydrogens is 186 g/mol. The predicted molar refractivity (Wildman–Crippen MR) is 62.5 cm³/mol. The van der Waals surface area contributed by atoms with E-state index < -0.39 is 0 Å². The number of carbonyl (C=O) groups excluding carboxylic acids is 1. The summed E-state index contributed by atoms with van der Waals surface area (Å²) in [4.78, 5) is 13.3. The summed E-state index contributed by atoms with van der Waals surface area (Å²) in [5, 5.41) is 0. The van der Waals surface area contributed by atoms with Crippen LogP contribution in [0.5, 0.6) is 0 Å². The van der Waals surface area contributed by atoms with E-state index in [1.807, 2.05) is 0 Å². The molecule has 0 spiro atoms. The van der Waals surface area contributed by atoms with Crippen LogP contribution in [0.3, 0.4) is 0 Å². The van der Waals surface area contributed by atoms with E-state index in [4.69, 9.17) is 0 Å². The molecule has 0 N–H and O–H groups in total. The first-order valence-corrected chi connectivity index (χ1v) is 5.46. The van der Waals surface area contributed by atoms with Crippen molar-refractivity contribution in [2.45, 2.75) is 32.7 Å². The monoisotopic (exact) mass is 203 g/mol. The Morgan fingerprint density at radius 3 is 2.80 bits per heavy atom. The molecule has 0 fully saturated rings. The van der Waals surface area contributed by atoms with Crippen LogP contribution in [0.1, 0.15) is 30.9 Å². The first-order chi connectivity index (χ1) is 7.13. The third kappa shape index (κ3) is 1.65. The Labute approximate surface area is 90.9 Å². The molecule has 15 heavy (non-hydrogen) atoms. The van der Waals surface area contributed by atoms with Crippen molar-refractivity contribution in [3.05, 3.63) is 29.3 Å². The molecule has 1 aliphatic rings. The standard InChI is InChI=1S/C13H17NO/c1-9(2)14-7-11(8-15)12-6-10(3)4-5-13(12)14/h4-6,8-9,11H,7H2,1-3H3. The zero-order chi connectivity index (χ0) is 11.0. The van der Waals surface area contributed by atoms with Crippen molar-refractivity contribution in [3.8, 4) is 0 Å². The first-order valence-electron chi connectivity index (χ1n) is 5.46. The van der Waals surface area contributed by atoms with Crippen molar-refractivity contribution in [1.82, 2.24) is 0 Å². The maximum atomic E-state index is 11.0. The topological polar surface area (TPSA) is 20.3 Å². The molecule has 2 heteroatoms. The first kappa shape index (κ1) is 10.2. The van der Waals surface area contributed by atoms with Crippen LogP contribution in [0.2, 0.25) is 0 Å². The summed E-state index contributed by atoms with van der Waals surface area (Å²) in [6.07, 6.45) is 1.07. The molecule has 2 rings (SSSR count). The minimum atomic E-state index is 0.0577. The van der Waals surface area contributed by atoms with Crippen LogP contribution in [0, 0.1) is 6.92 Å². The molecule has 0 aliphatic carbocycles. The SMILES string of the molecule is Cc1ccc2c(c1)C(C=O)CN2C(C)C. The Morgan fingerprint density at radius 2 is 2.20 bits per heavy atom. The Morgan fingerprint density at radius 1 is 1.47 bits per heavy atom. The molecule has 0 saturated carbocycles. The smallest absolute Gasteiger partial charge is 0.129 e. The van der Waals surface area contributed by atoms with Gasteiger partial charge in [0, 0.05) is 18.3 Å². The van der Waals surface area contributed by atoms with Gasteiger partial charge in [-0.2, -0.15) is 0 Å². The number of nitrogens with zero attached hydrogens (tertiary/aromatic N) is 1. The van der Waals surface area contributed by atoms with E-state index in [1.165, 1.54) is 16.8 Å². The van der Waals surface area contributed by atoms with Gasteiger partial charge in [0.15, 0.2) is 0 Å². The van der Waals surface area contributed by atoms with Gasteiger partial charge in [-0.25, -0.2) is 0 Å². The molecule has 1 aromatic rings. The summed E-state index contributed by atoms with van der Waals surface area (Å²) < 4.78 is 0. The molecule has 1 aromatic carbocycles.